The Hall–Kier alpha value is -1.10. The van der Waals surface area contributed by atoms with Gasteiger partial charge in [0.1, 0.15) is 6.04 Å². The first kappa shape index (κ1) is 11.9. The summed E-state index contributed by atoms with van der Waals surface area (Å²) in [6.45, 7) is 5.18. The van der Waals surface area contributed by atoms with Gasteiger partial charge in [0.25, 0.3) is 0 Å². The molecule has 13 heavy (non-hydrogen) atoms. The highest BCUT2D eigenvalue weighted by molar-refractivity contribution is 5.74. The van der Waals surface area contributed by atoms with Crippen molar-refractivity contribution in [3.05, 3.63) is 0 Å². The van der Waals surface area contributed by atoms with Crippen LogP contribution in [0.15, 0.2) is 0 Å². The lowest BCUT2D eigenvalue weighted by Crippen LogP contribution is -2.46. The van der Waals surface area contributed by atoms with Gasteiger partial charge in [-0.25, -0.2) is 0 Å². The van der Waals surface area contributed by atoms with Crippen LogP contribution in [0.5, 0.6) is 0 Å². The van der Waals surface area contributed by atoms with Gasteiger partial charge in [-0.2, -0.15) is 0 Å². The van der Waals surface area contributed by atoms with E-state index in [1.54, 1.807) is 13.8 Å². The van der Waals surface area contributed by atoms with Gasteiger partial charge >= 0.3 is 5.97 Å². The summed E-state index contributed by atoms with van der Waals surface area (Å²) in [5, 5.41) is 13.9. The molecule has 0 heterocycles. The van der Waals surface area contributed by atoms with Crippen LogP contribution >= 0.6 is 0 Å². The summed E-state index contributed by atoms with van der Waals surface area (Å²) in [7, 11) is 0. The molecule has 1 atom stereocenters. The van der Waals surface area contributed by atoms with Gasteiger partial charge in [-0.1, -0.05) is 13.8 Å². The standard InChI is InChI=1S/C8H16N2O3/c1-5(2)7(8(12)13)10-4-9-6(3)11/h5,7,10H,4H2,1-3H3,(H,9,11)(H,12,13)/t7-/m0/s1. The summed E-state index contributed by atoms with van der Waals surface area (Å²) < 4.78 is 0. The summed E-state index contributed by atoms with van der Waals surface area (Å²) in [6, 6.07) is -0.619. The van der Waals surface area contributed by atoms with Crippen LogP contribution in [0.4, 0.5) is 0 Å². The van der Waals surface area contributed by atoms with Crippen LogP contribution in [0.2, 0.25) is 0 Å². The van der Waals surface area contributed by atoms with Crippen LogP contribution in [0.1, 0.15) is 20.8 Å². The van der Waals surface area contributed by atoms with Crippen molar-refractivity contribution in [2.75, 3.05) is 6.67 Å². The van der Waals surface area contributed by atoms with Crippen molar-refractivity contribution in [1.82, 2.24) is 10.6 Å². The third kappa shape index (κ3) is 5.19. The number of nitrogens with one attached hydrogen (secondary N) is 2. The Morgan fingerprint density at radius 3 is 2.23 bits per heavy atom. The molecule has 0 bridgehead atoms. The van der Waals surface area contributed by atoms with Crippen LogP contribution in [0.3, 0.4) is 0 Å². The molecule has 0 spiro atoms. The largest absolute Gasteiger partial charge is 0.480 e. The number of hydrogen-bond acceptors (Lipinski definition) is 3. The summed E-state index contributed by atoms with van der Waals surface area (Å²) in [6.07, 6.45) is 0. The summed E-state index contributed by atoms with van der Waals surface area (Å²) >= 11 is 0. The Labute approximate surface area is 77.5 Å². The average Bonchev–Trinajstić information content (AvgIpc) is 1.95. The van der Waals surface area contributed by atoms with Crippen molar-refractivity contribution >= 4 is 11.9 Å². The normalized spacial score (nSPS) is 12.6. The first-order valence-corrected chi connectivity index (χ1v) is 4.15. The third-order valence-electron chi connectivity index (χ3n) is 1.59. The number of aliphatic carboxylic acids is 1. The molecule has 0 aromatic carbocycles. The number of carbonyl (C=O) groups is 2. The van der Waals surface area contributed by atoms with E-state index in [2.05, 4.69) is 10.6 Å². The molecule has 76 valence electrons. The number of hydrogen-bond donors (Lipinski definition) is 3. The van der Waals surface area contributed by atoms with Gasteiger partial charge in [-0.15, -0.1) is 0 Å². The summed E-state index contributed by atoms with van der Waals surface area (Å²) in [5.74, 6) is -1.09. The monoisotopic (exact) mass is 188 g/mol. The number of amides is 1. The summed E-state index contributed by atoms with van der Waals surface area (Å²) in [5.41, 5.74) is 0. The number of carbonyl (C=O) groups excluding carboxylic acids is 1. The molecule has 5 heteroatoms. The number of carboxylic acid groups (broad SMARTS) is 1. The molecule has 0 fully saturated rings. The smallest absolute Gasteiger partial charge is 0.321 e. The van der Waals surface area contributed by atoms with E-state index in [1.807, 2.05) is 0 Å². The van der Waals surface area contributed by atoms with Crippen LogP contribution in [-0.2, 0) is 9.59 Å². The molecule has 0 aromatic heterocycles. The zero-order valence-corrected chi connectivity index (χ0v) is 8.13. The van der Waals surface area contributed by atoms with E-state index >= 15 is 0 Å². The minimum absolute atomic E-state index is 0.00809. The Morgan fingerprint density at radius 1 is 1.38 bits per heavy atom. The minimum Gasteiger partial charge on any atom is -0.480 e. The van der Waals surface area contributed by atoms with Gasteiger partial charge in [-0.3, -0.25) is 14.9 Å². The van der Waals surface area contributed by atoms with Crippen LogP contribution < -0.4 is 10.6 Å². The van der Waals surface area contributed by atoms with Gasteiger partial charge < -0.3 is 10.4 Å². The van der Waals surface area contributed by atoms with Crippen molar-refractivity contribution in [2.45, 2.75) is 26.8 Å². The van der Waals surface area contributed by atoms with E-state index in [0.29, 0.717) is 0 Å². The van der Waals surface area contributed by atoms with Crippen molar-refractivity contribution in [2.24, 2.45) is 5.92 Å². The van der Waals surface area contributed by atoms with Gasteiger partial charge in [0.2, 0.25) is 5.91 Å². The highest BCUT2D eigenvalue weighted by Crippen LogP contribution is 2.00. The maximum absolute atomic E-state index is 10.6. The zero-order chi connectivity index (χ0) is 10.4. The van der Waals surface area contributed by atoms with E-state index in [4.69, 9.17) is 5.11 Å². The van der Waals surface area contributed by atoms with E-state index in [0.717, 1.165) is 0 Å². The average molecular weight is 188 g/mol. The molecule has 0 aromatic rings. The topological polar surface area (TPSA) is 78.4 Å². The van der Waals surface area contributed by atoms with Crippen molar-refractivity contribution in [3.63, 3.8) is 0 Å². The van der Waals surface area contributed by atoms with E-state index < -0.39 is 12.0 Å². The predicted octanol–water partition coefficient (Wildman–Crippen LogP) is -0.221. The lowest BCUT2D eigenvalue weighted by Gasteiger charge is -2.17. The lowest BCUT2D eigenvalue weighted by atomic mass is 10.1. The fraction of sp³-hybridized carbons (Fsp3) is 0.750. The Morgan fingerprint density at radius 2 is 1.92 bits per heavy atom. The van der Waals surface area contributed by atoms with Gasteiger partial charge in [0.05, 0.1) is 6.67 Å². The first-order valence-electron chi connectivity index (χ1n) is 4.15. The fourth-order valence-corrected chi connectivity index (χ4v) is 0.894. The second-order valence-electron chi connectivity index (χ2n) is 3.17. The fourth-order valence-electron chi connectivity index (χ4n) is 0.894. The Kier molecular flexibility index (Phi) is 5.06. The first-order chi connectivity index (χ1) is 5.95. The molecule has 0 saturated carbocycles. The molecule has 0 radical (unpaired) electrons. The molecule has 3 N–H and O–H groups in total. The molecule has 0 aliphatic heterocycles. The minimum atomic E-state index is -0.902. The maximum atomic E-state index is 10.6. The van der Waals surface area contributed by atoms with Crippen molar-refractivity contribution in [1.29, 1.82) is 0 Å². The van der Waals surface area contributed by atoms with Gasteiger partial charge in [0, 0.05) is 6.92 Å². The lowest BCUT2D eigenvalue weighted by molar-refractivity contribution is -0.140. The van der Waals surface area contributed by atoms with E-state index in [1.165, 1.54) is 6.92 Å². The summed E-state index contributed by atoms with van der Waals surface area (Å²) in [4.78, 5) is 21.1. The van der Waals surface area contributed by atoms with Crippen LogP contribution in [0, 0.1) is 5.92 Å². The van der Waals surface area contributed by atoms with Crippen LogP contribution in [0.25, 0.3) is 0 Å². The number of rotatable bonds is 5. The maximum Gasteiger partial charge on any atom is 0.321 e. The second-order valence-corrected chi connectivity index (χ2v) is 3.17. The Bertz CT molecular complexity index is 192. The zero-order valence-electron chi connectivity index (χ0n) is 8.13. The molecule has 0 aliphatic rings. The SMILES string of the molecule is CC(=O)NCN[C@H](C(=O)O)C(C)C. The van der Waals surface area contributed by atoms with Gasteiger partial charge in [-0.05, 0) is 5.92 Å². The highest BCUT2D eigenvalue weighted by Gasteiger charge is 2.19. The number of carboxylic acids is 1. The molecule has 0 saturated heterocycles. The highest BCUT2D eigenvalue weighted by atomic mass is 16.4. The molecule has 1 amide bonds. The predicted molar refractivity (Wildman–Crippen MR) is 48.1 cm³/mol. The molecular formula is C8H16N2O3. The van der Waals surface area contributed by atoms with Gasteiger partial charge in [0.15, 0.2) is 0 Å². The van der Waals surface area contributed by atoms with Crippen molar-refractivity contribution in [3.8, 4) is 0 Å². The third-order valence-corrected chi connectivity index (χ3v) is 1.59. The molecule has 0 aliphatic carbocycles. The Balaban J connectivity index is 3.84. The molecule has 0 unspecified atom stereocenters. The van der Waals surface area contributed by atoms with E-state index in [-0.39, 0.29) is 18.5 Å². The quantitative estimate of drug-likeness (QED) is 0.521. The van der Waals surface area contributed by atoms with Crippen molar-refractivity contribution < 1.29 is 14.7 Å². The molecule has 0 rings (SSSR count). The molecular weight excluding hydrogens is 172 g/mol. The molecule has 5 nitrogen and oxygen atoms in total. The second kappa shape index (κ2) is 5.53. The van der Waals surface area contributed by atoms with Crippen LogP contribution in [-0.4, -0.2) is 29.7 Å². The van der Waals surface area contributed by atoms with E-state index in [9.17, 15) is 9.59 Å².